The first-order valence-electron chi connectivity index (χ1n) is 7.92. The lowest BCUT2D eigenvalue weighted by Gasteiger charge is -2.57. The van der Waals surface area contributed by atoms with Crippen LogP contribution in [0.1, 0.15) is 32.5 Å². The molecule has 4 heteroatoms. The van der Waals surface area contributed by atoms with Gasteiger partial charge in [-0.2, -0.15) is 0 Å². The fraction of sp³-hybridized carbons (Fsp3) is 0.750. The Morgan fingerprint density at radius 1 is 1.30 bits per heavy atom. The molecule has 3 aliphatic carbocycles. The highest BCUT2D eigenvalue weighted by Gasteiger charge is 2.51. The molecular weight excluding hydrogens is 248 g/mol. The van der Waals surface area contributed by atoms with Gasteiger partial charge in [-0.05, 0) is 30.1 Å². The Morgan fingerprint density at radius 2 is 2.20 bits per heavy atom. The van der Waals surface area contributed by atoms with Gasteiger partial charge in [0.1, 0.15) is 12.2 Å². The van der Waals surface area contributed by atoms with Crippen molar-refractivity contribution in [2.24, 2.45) is 17.3 Å². The summed E-state index contributed by atoms with van der Waals surface area (Å²) < 4.78 is 2.21. The maximum Gasteiger partial charge on any atom is 0.134 e. The van der Waals surface area contributed by atoms with Crippen molar-refractivity contribution in [2.75, 3.05) is 19.6 Å². The average Bonchev–Trinajstić information content (AvgIpc) is 2.81. The number of hydrogen-bond donors (Lipinski definition) is 0. The Hall–Kier alpha value is -1.16. The van der Waals surface area contributed by atoms with E-state index >= 15 is 0 Å². The van der Waals surface area contributed by atoms with Crippen LogP contribution >= 0.6 is 0 Å². The largest absolute Gasteiger partial charge is 0.316 e. The maximum absolute atomic E-state index is 4.22. The lowest BCUT2D eigenvalue weighted by Crippen LogP contribution is -2.50. The number of nitrogens with zero attached hydrogens (tertiary/aromatic N) is 4. The van der Waals surface area contributed by atoms with Gasteiger partial charge in [-0.1, -0.05) is 25.5 Å². The summed E-state index contributed by atoms with van der Waals surface area (Å²) in [6, 6.07) is 0. The molecule has 0 radical (unpaired) electrons. The molecule has 0 saturated heterocycles. The first-order valence-corrected chi connectivity index (χ1v) is 7.92. The van der Waals surface area contributed by atoms with Crippen molar-refractivity contribution in [1.82, 2.24) is 19.7 Å². The first-order chi connectivity index (χ1) is 9.64. The molecule has 1 saturated carbocycles. The van der Waals surface area contributed by atoms with Crippen LogP contribution in [0.4, 0.5) is 0 Å². The third-order valence-electron chi connectivity index (χ3n) is 5.99. The van der Waals surface area contributed by atoms with Gasteiger partial charge in [0, 0.05) is 32.6 Å². The predicted octanol–water partition coefficient (Wildman–Crippen LogP) is 2.13. The molecule has 1 fully saturated rings. The van der Waals surface area contributed by atoms with Crippen LogP contribution in [-0.4, -0.2) is 39.3 Å². The highest BCUT2D eigenvalue weighted by Crippen LogP contribution is 2.59. The van der Waals surface area contributed by atoms with Crippen LogP contribution in [0.3, 0.4) is 0 Å². The van der Waals surface area contributed by atoms with Crippen LogP contribution in [0.5, 0.6) is 0 Å². The monoisotopic (exact) mass is 272 g/mol. The van der Waals surface area contributed by atoms with Gasteiger partial charge in [0.25, 0.3) is 0 Å². The fourth-order valence-corrected chi connectivity index (χ4v) is 4.35. The minimum Gasteiger partial charge on any atom is -0.316 e. The Balaban J connectivity index is 1.43. The van der Waals surface area contributed by atoms with Crippen LogP contribution in [0, 0.1) is 17.3 Å². The van der Waals surface area contributed by atoms with E-state index in [1.165, 1.54) is 19.4 Å². The smallest absolute Gasteiger partial charge is 0.134 e. The van der Waals surface area contributed by atoms with Gasteiger partial charge in [0.2, 0.25) is 0 Å². The standard InChI is InChI=1S/C16H24N4/c1-16(2)13-4-3-12(14(16)9-13)10-19-6-5-15-18-17-11-20(15)8-7-19/h3,11,13-14H,4-10H2,1-2H3/t13-,14-/m0/s1. The van der Waals surface area contributed by atoms with Gasteiger partial charge in [0.15, 0.2) is 0 Å². The molecule has 0 unspecified atom stereocenters. The second-order valence-electron chi connectivity index (χ2n) is 7.29. The van der Waals surface area contributed by atoms with Gasteiger partial charge in [-0.15, -0.1) is 10.2 Å². The molecule has 2 bridgehead atoms. The van der Waals surface area contributed by atoms with E-state index in [0.29, 0.717) is 5.41 Å². The summed E-state index contributed by atoms with van der Waals surface area (Å²) in [5.74, 6) is 2.92. The molecule has 20 heavy (non-hydrogen) atoms. The number of rotatable bonds is 2. The molecule has 0 amide bonds. The van der Waals surface area contributed by atoms with E-state index in [9.17, 15) is 0 Å². The molecule has 2 atom stereocenters. The average molecular weight is 272 g/mol. The van der Waals surface area contributed by atoms with Crippen molar-refractivity contribution in [3.63, 3.8) is 0 Å². The third-order valence-corrected chi connectivity index (χ3v) is 5.99. The first kappa shape index (κ1) is 12.6. The minimum atomic E-state index is 0.548. The van der Waals surface area contributed by atoms with Crippen molar-refractivity contribution in [3.05, 3.63) is 23.8 Å². The highest BCUT2D eigenvalue weighted by molar-refractivity contribution is 5.24. The molecule has 4 aliphatic rings. The molecule has 5 rings (SSSR count). The summed E-state index contributed by atoms with van der Waals surface area (Å²) in [6.07, 6.45) is 8.17. The number of aromatic nitrogens is 3. The summed E-state index contributed by atoms with van der Waals surface area (Å²) >= 11 is 0. The number of fused-ring (bicyclic) bond motifs is 2. The third kappa shape index (κ3) is 1.85. The van der Waals surface area contributed by atoms with Crippen molar-refractivity contribution in [2.45, 2.75) is 39.7 Å². The van der Waals surface area contributed by atoms with Crippen LogP contribution in [0.2, 0.25) is 0 Å². The predicted molar refractivity (Wildman–Crippen MR) is 78.2 cm³/mol. The van der Waals surface area contributed by atoms with Crippen molar-refractivity contribution >= 4 is 0 Å². The van der Waals surface area contributed by atoms with Crippen molar-refractivity contribution in [3.8, 4) is 0 Å². The molecule has 2 heterocycles. The molecule has 1 aromatic rings. The Kier molecular flexibility index (Phi) is 2.78. The molecular formula is C16H24N4. The van der Waals surface area contributed by atoms with E-state index < -0.39 is 0 Å². The van der Waals surface area contributed by atoms with E-state index in [0.717, 1.165) is 43.7 Å². The molecule has 4 nitrogen and oxygen atoms in total. The second kappa shape index (κ2) is 4.42. The van der Waals surface area contributed by atoms with Gasteiger partial charge in [-0.25, -0.2) is 0 Å². The molecule has 1 aromatic heterocycles. The zero-order valence-electron chi connectivity index (χ0n) is 12.5. The highest BCUT2D eigenvalue weighted by atomic mass is 15.3. The van der Waals surface area contributed by atoms with Crippen LogP contribution in [0.15, 0.2) is 18.0 Å². The Bertz CT molecular complexity index is 520. The molecule has 0 aromatic carbocycles. The van der Waals surface area contributed by atoms with E-state index in [1.54, 1.807) is 5.57 Å². The van der Waals surface area contributed by atoms with Gasteiger partial charge < -0.3 is 4.57 Å². The Labute approximate surface area is 120 Å². The number of allylic oxidation sites excluding steroid dienone is 1. The number of hydrogen-bond acceptors (Lipinski definition) is 3. The summed E-state index contributed by atoms with van der Waals surface area (Å²) in [4.78, 5) is 2.61. The molecule has 108 valence electrons. The van der Waals surface area contributed by atoms with E-state index in [-0.39, 0.29) is 0 Å². The van der Waals surface area contributed by atoms with Crippen LogP contribution in [-0.2, 0) is 13.0 Å². The van der Waals surface area contributed by atoms with Crippen molar-refractivity contribution in [1.29, 1.82) is 0 Å². The van der Waals surface area contributed by atoms with E-state index in [4.69, 9.17) is 0 Å². The summed E-state index contributed by atoms with van der Waals surface area (Å²) in [6.45, 7) is 9.36. The minimum absolute atomic E-state index is 0.548. The van der Waals surface area contributed by atoms with Gasteiger partial charge in [0.05, 0.1) is 0 Å². The lowest BCUT2D eigenvalue weighted by molar-refractivity contribution is -0.0106. The quantitative estimate of drug-likeness (QED) is 0.773. The topological polar surface area (TPSA) is 34.0 Å². The summed E-state index contributed by atoms with van der Waals surface area (Å²) in [5, 5.41) is 8.22. The maximum atomic E-state index is 4.22. The van der Waals surface area contributed by atoms with Crippen LogP contribution in [0.25, 0.3) is 0 Å². The van der Waals surface area contributed by atoms with Gasteiger partial charge >= 0.3 is 0 Å². The van der Waals surface area contributed by atoms with E-state index in [1.807, 2.05) is 6.33 Å². The zero-order chi connectivity index (χ0) is 13.7. The molecule has 0 spiro atoms. The van der Waals surface area contributed by atoms with Gasteiger partial charge in [-0.3, -0.25) is 4.90 Å². The zero-order valence-corrected chi connectivity index (χ0v) is 12.5. The van der Waals surface area contributed by atoms with Crippen LogP contribution < -0.4 is 0 Å². The normalized spacial score (nSPS) is 32.0. The molecule has 1 aliphatic heterocycles. The SMILES string of the molecule is CC1(C)[C@H]2CC=C(CN3CCc4nncn4CC3)[C@@H]1C2. The molecule has 0 N–H and O–H groups in total. The van der Waals surface area contributed by atoms with E-state index in [2.05, 4.69) is 39.6 Å². The Morgan fingerprint density at radius 3 is 3.00 bits per heavy atom. The lowest BCUT2D eigenvalue weighted by atomic mass is 9.49. The fourth-order valence-electron chi connectivity index (χ4n) is 4.35. The van der Waals surface area contributed by atoms with Crippen molar-refractivity contribution < 1.29 is 0 Å². The summed E-state index contributed by atoms with van der Waals surface area (Å²) in [5.41, 5.74) is 2.25. The second-order valence-corrected chi connectivity index (χ2v) is 7.29. The summed E-state index contributed by atoms with van der Waals surface area (Å²) in [7, 11) is 0.